The van der Waals surface area contributed by atoms with Gasteiger partial charge < -0.3 is 19.9 Å². The molecule has 2 aromatic rings. The lowest BCUT2D eigenvalue weighted by Crippen LogP contribution is -2.45. The van der Waals surface area contributed by atoms with E-state index in [9.17, 15) is 9.59 Å². The Morgan fingerprint density at radius 2 is 1.82 bits per heavy atom. The number of anilines is 1. The first-order valence-corrected chi connectivity index (χ1v) is 12.1. The number of para-hydroxylation sites is 1. The molecule has 2 amide bonds. The molecule has 0 aliphatic carbocycles. The van der Waals surface area contributed by atoms with Crippen molar-refractivity contribution in [2.24, 2.45) is 5.92 Å². The SMILES string of the molecule is O=C(NCc1cccnc1N1CCCCC1)C1CCCN(C(=O)CCOc2ccccc2)C1. The largest absolute Gasteiger partial charge is 0.493 e. The van der Waals surface area contributed by atoms with Gasteiger partial charge in [0.25, 0.3) is 0 Å². The van der Waals surface area contributed by atoms with Crippen molar-refractivity contribution < 1.29 is 14.3 Å². The summed E-state index contributed by atoms with van der Waals surface area (Å²) < 4.78 is 5.65. The molecule has 1 unspecified atom stereocenters. The minimum absolute atomic E-state index is 0.0153. The fraction of sp³-hybridized carbons (Fsp3) is 0.500. The second-order valence-electron chi connectivity index (χ2n) is 8.84. The van der Waals surface area contributed by atoms with Gasteiger partial charge in [-0.25, -0.2) is 4.98 Å². The summed E-state index contributed by atoms with van der Waals surface area (Å²) in [4.78, 5) is 34.3. The van der Waals surface area contributed by atoms with Crippen LogP contribution in [0, 0.1) is 5.92 Å². The number of piperidine rings is 2. The van der Waals surface area contributed by atoms with Crippen LogP contribution in [0.1, 0.15) is 44.1 Å². The number of benzene rings is 1. The standard InChI is InChI=1S/C26H34N4O3/c31-24(13-18-33-23-11-3-1-4-12-23)30-17-8-10-22(20-30)26(32)28-19-21-9-7-14-27-25(21)29-15-5-2-6-16-29/h1,3-4,7,9,11-12,14,22H,2,5-6,8,10,13,15-20H2,(H,28,32). The van der Waals surface area contributed by atoms with Crippen molar-refractivity contribution in [3.63, 3.8) is 0 Å². The highest BCUT2D eigenvalue weighted by Crippen LogP contribution is 2.22. The molecule has 2 fully saturated rings. The Bertz CT molecular complexity index is 915. The number of carbonyl (C=O) groups excluding carboxylic acids is 2. The zero-order valence-corrected chi connectivity index (χ0v) is 19.2. The molecule has 7 heteroatoms. The van der Waals surface area contributed by atoms with Gasteiger partial charge in [0.1, 0.15) is 11.6 Å². The molecule has 4 rings (SSSR count). The average molecular weight is 451 g/mol. The first-order chi connectivity index (χ1) is 16.2. The molecule has 0 spiro atoms. The van der Waals surface area contributed by atoms with E-state index in [1.54, 1.807) is 0 Å². The van der Waals surface area contributed by atoms with Crippen LogP contribution in [0.3, 0.4) is 0 Å². The van der Waals surface area contributed by atoms with Crippen LogP contribution in [0.15, 0.2) is 48.7 Å². The summed E-state index contributed by atoms with van der Waals surface area (Å²) in [6.07, 6.45) is 7.43. The maximum Gasteiger partial charge on any atom is 0.226 e. The number of pyridine rings is 1. The highest BCUT2D eigenvalue weighted by Gasteiger charge is 2.28. The number of carbonyl (C=O) groups is 2. The third-order valence-corrected chi connectivity index (χ3v) is 6.45. The van der Waals surface area contributed by atoms with Crippen LogP contribution in [0.4, 0.5) is 5.82 Å². The average Bonchev–Trinajstić information content (AvgIpc) is 2.88. The summed E-state index contributed by atoms with van der Waals surface area (Å²) in [7, 11) is 0. The van der Waals surface area contributed by atoms with Gasteiger partial charge >= 0.3 is 0 Å². The highest BCUT2D eigenvalue weighted by molar-refractivity contribution is 5.81. The smallest absolute Gasteiger partial charge is 0.226 e. The number of likely N-dealkylation sites (tertiary alicyclic amines) is 1. The lowest BCUT2D eigenvalue weighted by molar-refractivity contribution is -0.136. The maximum atomic E-state index is 12.9. The van der Waals surface area contributed by atoms with Gasteiger partial charge in [0.15, 0.2) is 0 Å². The topological polar surface area (TPSA) is 74.8 Å². The first-order valence-electron chi connectivity index (χ1n) is 12.1. The Morgan fingerprint density at radius 1 is 1.00 bits per heavy atom. The van der Waals surface area contributed by atoms with Crippen molar-refractivity contribution in [2.45, 2.75) is 45.1 Å². The second kappa shape index (κ2) is 11.7. The van der Waals surface area contributed by atoms with Crippen LogP contribution >= 0.6 is 0 Å². The molecular formula is C26H34N4O3. The third kappa shape index (κ3) is 6.46. The van der Waals surface area contributed by atoms with Gasteiger partial charge in [-0.3, -0.25) is 9.59 Å². The number of aromatic nitrogens is 1. The number of hydrogen-bond acceptors (Lipinski definition) is 5. The molecule has 2 aliphatic heterocycles. The van der Waals surface area contributed by atoms with Gasteiger partial charge in [-0.05, 0) is 50.3 Å². The summed E-state index contributed by atoms with van der Waals surface area (Å²) in [5.74, 6) is 1.63. The van der Waals surface area contributed by atoms with Crippen molar-refractivity contribution in [2.75, 3.05) is 37.7 Å². The Hall–Kier alpha value is -3.09. The van der Waals surface area contributed by atoms with Gasteiger partial charge in [-0.1, -0.05) is 24.3 Å². The van der Waals surface area contributed by atoms with E-state index in [1.165, 1.54) is 19.3 Å². The molecule has 1 atom stereocenters. The fourth-order valence-electron chi connectivity index (χ4n) is 4.63. The molecule has 2 aliphatic rings. The Balaban J connectivity index is 1.25. The molecule has 0 saturated carbocycles. The van der Waals surface area contributed by atoms with E-state index >= 15 is 0 Å². The van der Waals surface area contributed by atoms with Crippen LogP contribution in [-0.4, -0.2) is 54.5 Å². The molecule has 3 heterocycles. The zero-order valence-electron chi connectivity index (χ0n) is 19.2. The second-order valence-corrected chi connectivity index (χ2v) is 8.84. The Labute approximate surface area is 196 Å². The first kappa shape index (κ1) is 23.1. The number of ether oxygens (including phenoxy) is 1. The Morgan fingerprint density at radius 3 is 2.64 bits per heavy atom. The van der Waals surface area contributed by atoms with E-state index in [1.807, 2.05) is 53.6 Å². The van der Waals surface area contributed by atoms with Crippen LogP contribution in [0.2, 0.25) is 0 Å². The monoisotopic (exact) mass is 450 g/mol. The van der Waals surface area contributed by atoms with Gasteiger partial charge in [-0.15, -0.1) is 0 Å². The van der Waals surface area contributed by atoms with E-state index < -0.39 is 0 Å². The van der Waals surface area contributed by atoms with Crippen molar-refractivity contribution in [1.82, 2.24) is 15.2 Å². The van der Waals surface area contributed by atoms with E-state index in [4.69, 9.17) is 4.74 Å². The van der Waals surface area contributed by atoms with Crippen molar-refractivity contribution in [1.29, 1.82) is 0 Å². The molecule has 1 N–H and O–H groups in total. The molecular weight excluding hydrogens is 416 g/mol. The number of hydrogen-bond donors (Lipinski definition) is 1. The lowest BCUT2D eigenvalue weighted by Gasteiger charge is -2.32. The number of nitrogens with one attached hydrogen (secondary N) is 1. The predicted octanol–water partition coefficient (Wildman–Crippen LogP) is 3.40. The normalized spacial score (nSPS) is 18.6. The molecule has 0 bridgehead atoms. The number of amides is 2. The van der Waals surface area contributed by atoms with Gasteiger partial charge in [0.2, 0.25) is 11.8 Å². The quantitative estimate of drug-likeness (QED) is 0.667. The van der Waals surface area contributed by atoms with Crippen molar-refractivity contribution in [3.8, 4) is 5.75 Å². The highest BCUT2D eigenvalue weighted by atomic mass is 16.5. The minimum atomic E-state index is -0.173. The molecule has 1 aromatic carbocycles. The summed E-state index contributed by atoms with van der Waals surface area (Å²) in [5.41, 5.74) is 1.05. The number of nitrogens with zero attached hydrogens (tertiary/aromatic N) is 3. The summed E-state index contributed by atoms with van der Waals surface area (Å²) in [6.45, 7) is 4.03. The molecule has 176 valence electrons. The molecule has 0 radical (unpaired) electrons. The van der Waals surface area contributed by atoms with E-state index in [0.717, 1.165) is 43.1 Å². The van der Waals surface area contributed by atoms with Gasteiger partial charge in [0, 0.05) is 44.5 Å². The van der Waals surface area contributed by atoms with Crippen LogP contribution in [0.25, 0.3) is 0 Å². The van der Waals surface area contributed by atoms with Gasteiger partial charge in [0.05, 0.1) is 18.9 Å². The maximum absolute atomic E-state index is 12.9. The minimum Gasteiger partial charge on any atom is -0.493 e. The van der Waals surface area contributed by atoms with E-state index in [2.05, 4.69) is 15.2 Å². The summed E-state index contributed by atoms with van der Waals surface area (Å²) in [5, 5.41) is 3.10. The molecule has 33 heavy (non-hydrogen) atoms. The third-order valence-electron chi connectivity index (χ3n) is 6.45. The van der Waals surface area contributed by atoms with Crippen molar-refractivity contribution >= 4 is 17.6 Å². The molecule has 2 saturated heterocycles. The zero-order chi connectivity index (χ0) is 22.9. The summed E-state index contributed by atoms with van der Waals surface area (Å²) in [6, 6.07) is 13.5. The predicted molar refractivity (Wildman–Crippen MR) is 128 cm³/mol. The van der Waals surface area contributed by atoms with Crippen LogP contribution in [-0.2, 0) is 16.1 Å². The van der Waals surface area contributed by atoms with E-state index in [0.29, 0.717) is 32.7 Å². The number of rotatable bonds is 8. The van der Waals surface area contributed by atoms with Crippen LogP contribution < -0.4 is 15.0 Å². The lowest BCUT2D eigenvalue weighted by atomic mass is 9.96. The molecule has 7 nitrogen and oxygen atoms in total. The fourth-order valence-corrected chi connectivity index (χ4v) is 4.63. The molecule has 1 aromatic heterocycles. The van der Waals surface area contributed by atoms with E-state index in [-0.39, 0.29) is 17.7 Å². The van der Waals surface area contributed by atoms with Gasteiger partial charge in [-0.2, -0.15) is 0 Å². The Kier molecular flexibility index (Phi) is 8.17. The van der Waals surface area contributed by atoms with Crippen LogP contribution in [0.5, 0.6) is 5.75 Å². The van der Waals surface area contributed by atoms with Crippen molar-refractivity contribution in [3.05, 3.63) is 54.2 Å². The summed E-state index contributed by atoms with van der Waals surface area (Å²) >= 11 is 0.